The maximum absolute atomic E-state index is 5.57. The summed E-state index contributed by atoms with van der Waals surface area (Å²) in [4.78, 5) is 4.38. The van der Waals surface area contributed by atoms with Crippen molar-refractivity contribution in [3.8, 4) is 5.75 Å². The van der Waals surface area contributed by atoms with Crippen LogP contribution in [-0.4, -0.2) is 18.1 Å². The summed E-state index contributed by atoms with van der Waals surface area (Å²) < 4.78 is 10.7. The Morgan fingerprint density at radius 3 is 2.52 bits per heavy atom. The summed E-state index contributed by atoms with van der Waals surface area (Å²) in [6.45, 7) is 6.78. The molecule has 4 nitrogen and oxygen atoms in total. The number of hydrogen-bond donors (Lipinski definition) is 1. The van der Waals surface area contributed by atoms with E-state index in [0.29, 0.717) is 12.6 Å². The SMILES string of the molecule is COc1ccc(CCC(C)NCc2nc(C)c(C)o2)cc1. The largest absolute Gasteiger partial charge is 0.497 e. The molecule has 4 heteroatoms. The van der Waals surface area contributed by atoms with Crippen LogP contribution in [0.5, 0.6) is 5.75 Å². The fourth-order valence-electron chi connectivity index (χ4n) is 2.15. The van der Waals surface area contributed by atoms with Crippen LogP contribution in [0.15, 0.2) is 28.7 Å². The summed E-state index contributed by atoms with van der Waals surface area (Å²) in [6.07, 6.45) is 2.12. The molecule has 1 heterocycles. The average Bonchev–Trinajstić information content (AvgIpc) is 2.82. The van der Waals surface area contributed by atoms with Gasteiger partial charge in [-0.15, -0.1) is 0 Å². The molecule has 0 aliphatic carbocycles. The lowest BCUT2D eigenvalue weighted by atomic mass is 10.1. The van der Waals surface area contributed by atoms with Gasteiger partial charge in [-0.3, -0.25) is 0 Å². The minimum atomic E-state index is 0.416. The zero-order valence-electron chi connectivity index (χ0n) is 13.3. The minimum absolute atomic E-state index is 0.416. The van der Waals surface area contributed by atoms with Crippen LogP contribution in [0.2, 0.25) is 0 Å². The number of rotatable bonds is 7. The Kier molecular flexibility index (Phi) is 5.39. The molecule has 0 saturated carbocycles. The lowest BCUT2D eigenvalue weighted by molar-refractivity contribution is 0.414. The molecule has 1 aromatic heterocycles. The smallest absolute Gasteiger partial charge is 0.208 e. The topological polar surface area (TPSA) is 47.3 Å². The van der Waals surface area contributed by atoms with E-state index in [-0.39, 0.29) is 0 Å². The number of nitrogens with zero attached hydrogens (tertiary/aromatic N) is 1. The van der Waals surface area contributed by atoms with Crippen molar-refractivity contribution in [1.29, 1.82) is 0 Å². The molecule has 0 aliphatic rings. The van der Waals surface area contributed by atoms with Gasteiger partial charge in [0, 0.05) is 6.04 Å². The Morgan fingerprint density at radius 2 is 1.95 bits per heavy atom. The molecule has 0 amide bonds. The molecule has 2 rings (SSSR count). The third kappa shape index (κ3) is 4.60. The van der Waals surface area contributed by atoms with Crippen LogP contribution in [-0.2, 0) is 13.0 Å². The molecular weight excluding hydrogens is 264 g/mol. The van der Waals surface area contributed by atoms with Gasteiger partial charge in [0.25, 0.3) is 0 Å². The number of oxazole rings is 1. The summed E-state index contributed by atoms with van der Waals surface area (Å²) >= 11 is 0. The van der Waals surface area contributed by atoms with E-state index < -0.39 is 0 Å². The van der Waals surface area contributed by atoms with Gasteiger partial charge in [0.05, 0.1) is 19.3 Å². The first kappa shape index (κ1) is 15.6. The van der Waals surface area contributed by atoms with Crippen molar-refractivity contribution in [3.63, 3.8) is 0 Å². The van der Waals surface area contributed by atoms with Crippen LogP contribution in [0.4, 0.5) is 0 Å². The van der Waals surface area contributed by atoms with Gasteiger partial charge in [0.1, 0.15) is 11.5 Å². The number of ether oxygens (including phenoxy) is 1. The molecule has 0 aliphatic heterocycles. The van der Waals surface area contributed by atoms with E-state index in [1.165, 1.54) is 5.56 Å². The van der Waals surface area contributed by atoms with Gasteiger partial charge in [0.15, 0.2) is 0 Å². The van der Waals surface area contributed by atoms with Gasteiger partial charge in [-0.1, -0.05) is 12.1 Å². The van der Waals surface area contributed by atoms with Crippen LogP contribution in [0.3, 0.4) is 0 Å². The third-order valence-electron chi connectivity index (χ3n) is 3.70. The van der Waals surface area contributed by atoms with E-state index in [0.717, 1.165) is 35.9 Å². The number of nitrogens with one attached hydrogen (secondary N) is 1. The van der Waals surface area contributed by atoms with Gasteiger partial charge in [-0.05, 0) is 51.3 Å². The third-order valence-corrected chi connectivity index (χ3v) is 3.70. The summed E-state index contributed by atoms with van der Waals surface area (Å²) in [5.74, 6) is 2.57. The van der Waals surface area contributed by atoms with Crippen molar-refractivity contribution < 1.29 is 9.15 Å². The van der Waals surface area contributed by atoms with Crippen molar-refractivity contribution in [2.75, 3.05) is 7.11 Å². The normalized spacial score (nSPS) is 12.4. The monoisotopic (exact) mass is 288 g/mol. The molecule has 1 N–H and O–H groups in total. The summed E-state index contributed by atoms with van der Waals surface area (Å²) in [7, 11) is 1.69. The predicted molar refractivity (Wildman–Crippen MR) is 83.6 cm³/mol. The Labute approximate surface area is 126 Å². The van der Waals surface area contributed by atoms with Gasteiger partial charge in [-0.2, -0.15) is 0 Å². The summed E-state index contributed by atoms with van der Waals surface area (Å²) in [5, 5.41) is 3.45. The Morgan fingerprint density at radius 1 is 1.24 bits per heavy atom. The molecular formula is C17H24N2O2. The first-order chi connectivity index (χ1) is 10.1. The van der Waals surface area contributed by atoms with E-state index in [1.54, 1.807) is 7.11 Å². The second kappa shape index (κ2) is 7.27. The highest BCUT2D eigenvalue weighted by Gasteiger charge is 2.07. The van der Waals surface area contributed by atoms with E-state index in [1.807, 2.05) is 26.0 Å². The highest BCUT2D eigenvalue weighted by molar-refractivity contribution is 5.27. The standard InChI is InChI=1S/C17H24N2O2/c1-12(18-11-17-19-13(2)14(3)21-17)5-6-15-7-9-16(20-4)10-8-15/h7-10,12,18H,5-6,11H2,1-4H3. The Balaban J connectivity index is 1.75. The van der Waals surface area contributed by atoms with E-state index in [9.17, 15) is 0 Å². The first-order valence-corrected chi connectivity index (χ1v) is 7.37. The van der Waals surface area contributed by atoms with Crippen molar-refractivity contribution in [2.45, 2.75) is 46.2 Å². The molecule has 21 heavy (non-hydrogen) atoms. The van der Waals surface area contributed by atoms with Crippen LogP contribution in [0, 0.1) is 13.8 Å². The van der Waals surface area contributed by atoms with Crippen LogP contribution in [0.1, 0.15) is 36.3 Å². The average molecular weight is 288 g/mol. The van der Waals surface area contributed by atoms with Gasteiger partial charge >= 0.3 is 0 Å². The molecule has 0 spiro atoms. The lowest BCUT2D eigenvalue weighted by Gasteiger charge is -2.12. The second-order valence-corrected chi connectivity index (χ2v) is 5.42. The molecule has 1 aromatic carbocycles. The van der Waals surface area contributed by atoms with Crippen molar-refractivity contribution in [2.24, 2.45) is 0 Å². The van der Waals surface area contributed by atoms with E-state index >= 15 is 0 Å². The Bertz CT molecular complexity index is 541. The highest BCUT2D eigenvalue weighted by atomic mass is 16.5. The second-order valence-electron chi connectivity index (χ2n) is 5.42. The number of benzene rings is 1. The maximum atomic E-state index is 5.57. The fourth-order valence-corrected chi connectivity index (χ4v) is 2.15. The van der Waals surface area contributed by atoms with E-state index in [4.69, 9.17) is 9.15 Å². The quantitative estimate of drug-likeness (QED) is 0.848. The molecule has 114 valence electrons. The van der Waals surface area contributed by atoms with Crippen LogP contribution >= 0.6 is 0 Å². The minimum Gasteiger partial charge on any atom is -0.497 e. The van der Waals surface area contributed by atoms with Crippen LogP contribution < -0.4 is 10.1 Å². The predicted octanol–water partition coefficient (Wildman–Crippen LogP) is 3.41. The molecule has 1 unspecified atom stereocenters. The molecule has 0 fully saturated rings. The highest BCUT2D eigenvalue weighted by Crippen LogP contribution is 2.13. The number of methoxy groups -OCH3 is 1. The van der Waals surface area contributed by atoms with Gasteiger partial charge < -0.3 is 14.5 Å². The molecule has 0 bridgehead atoms. The van der Waals surface area contributed by atoms with Crippen LogP contribution in [0.25, 0.3) is 0 Å². The fraction of sp³-hybridized carbons (Fsp3) is 0.471. The first-order valence-electron chi connectivity index (χ1n) is 7.37. The van der Waals surface area contributed by atoms with E-state index in [2.05, 4.69) is 29.4 Å². The van der Waals surface area contributed by atoms with Gasteiger partial charge in [0.2, 0.25) is 5.89 Å². The van der Waals surface area contributed by atoms with Crippen molar-refractivity contribution in [1.82, 2.24) is 10.3 Å². The number of aromatic nitrogens is 1. The molecule has 0 saturated heterocycles. The number of aryl methyl sites for hydroxylation is 3. The van der Waals surface area contributed by atoms with Crippen molar-refractivity contribution >= 4 is 0 Å². The summed E-state index contributed by atoms with van der Waals surface area (Å²) in [6, 6.07) is 8.66. The number of hydrogen-bond acceptors (Lipinski definition) is 4. The van der Waals surface area contributed by atoms with Crippen molar-refractivity contribution in [3.05, 3.63) is 47.2 Å². The zero-order chi connectivity index (χ0) is 15.2. The lowest BCUT2D eigenvalue weighted by Crippen LogP contribution is -2.26. The summed E-state index contributed by atoms with van der Waals surface area (Å²) in [5.41, 5.74) is 2.30. The van der Waals surface area contributed by atoms with Gasteiger partial charge in [-0.25, -0.2) is 4.98 Å². The Hall–Kier alpha value is -1.81. The molecule has 1 atom stereocenters. The molecule has 0 radical (unpaired) electrons. The molecule has 2 aromatic rings. The maximum Gasteiger partial charge on any atom is 0.208 e. The zero-order valence-corrected chi connectivity index (χ0v) is 13.3.